The van der Waals surface area contributed by atoms with Crippen molar-refractivity contribution in [3.63, 3.8) is 0 Å². The van der Waals surface area contributed by atoms with Gasteiger partial charge in [0.05, 0.1) is 205 Å². The second-order valence-corrected chi connectivity index (χ2v) is 10.4. The Hall–Kier alpha value is -1.66. The van der Waals surface area contributed by atoms with E-state index in [1.54, 1.807) is 0 Å². The van der Waals surface area contributed by atoms with Crippen molar-refractivity contribution in [3.05, 3.63) is 0 Å². The maximum absolute atomic E-state index is 10.3. The van der Waals surface area contributed by atoms with E-state index in [-0.39, 0.29) is 13.0 Å². The van der Waals surface area contributed by atoms with Gasteiger partial charge >= 0.3 is 5.97 Å². The molecule has 0 saturated heterocycles. The molecule has 0 radical (unpaired) electrons. The molecule has 0 bridgehead atoms. The van der Waals surface area contributed by atoms with Crippen LogP contribution in [0.25, 0.3) is 0 Å². The largest absolute Gasteiger partial charge is 0.481 e. The number of hydrogen-bond acceptors (Lipinski definition) is 17. The predicted molar refractivity (Wildman–Crippen MR) is 189 cm³/mol. The molecule has 2 N–H and O–H groups in total. The molecule has 0 aromatic heterocycles. The number of carbonyl (C=O) groups is 2. The average Bonchev–Trinajstić information content (AvgIpc) is 3.15. The molecule has 0 unspecified atom stereocenters. The third kappa shape index (κ3) is 50.3. The Morgan fingerprint density at radius 3 is 0.660 bits per heavy atom. The summed E-state index contributed by atoms with van der Waals surface area (Å²) in [5.74, 6) is -0.878. The summed E-state index contributed by atoms with van der Waals surface area (Å²) in [6.07, 6.45) is 0.635. The highest BCUT2D eigenvalue weighted by atomic mass is 16.6. The van der Waals surface area contributed by atoms with E-state index in [4.69, 9.17) is 76.2 Å². The standard InChI is InChI=1S/C34H67NO18/c36-33-35-2-4-40-6-8-42-10-12-44-14-16-46-18-20-48-22-24-50-26-28-52-30-32-53-31-29-51-27-25-49-23-21-47-19-17-45-15-13-43-11-9-41-7-5-39-3-1-34(37)38/h33H,1-32H2,(H,35,36)(H,37,38). The zero-order valence-electron chi connectivity index (χ0n) is 31.6. The normalized spacial score (nSPS) is 11.4. The van der Waals surface area contributed by atoms with E-state index >= 15 is 0 Å². The minimum Gasteiger partial charge on any atom is -0.481 e. The fourth-order valence-corrected chi connectivity index (χ4v) is 3.53. The summed E-state index contributed by atoms with van der Waals surface area (Å²) in [6, 6.07) is 0. The summed E-state index contributed by atoms with van der Waals surface area (Å²) in [5.41, 5.74) is 0. The van der Waals surface area contributed by atoms with E-state index in [0.717, 1.165) is 0 Å². The highest BCUT2D eigenvalue weighted by Crippen LogP contribution is 1.89. The Balaban J connectivity index is 3.05. The quantitative estimate of drug-likeness (QED) is 0.0588. The fraction of sp³-hybridized carbons (Fsp3) is 0.941. The molecule has 0 aromatic carbocycles. The van der Waals surface area contributed by atoms with E-state index in [1.165, 1.54) is 0 Å². The Bertz CT molecular complexity index is 714. The summed E-state index contributed by atoms with van der Waals surface area (Å²) in [6.45, 7) is 14.4. The Morgan fingerprint density at radius 1 is 0.321 bits per heavy atom. The van der Waals surface area contributed by atoms with Crippen molar-refractivity contribution < 1.29 is 85.7 Å². The van der Waals surface area contributed by atoms with Gasteiger partial charge in [-0.2, -0.15) is 0 Å². The van der Waals surface area contributed by atoms with Gasteiger partial charge in [-0.15, -0.1) is 0 Å². The summed E-state index contributed by atoms with van der Waals surface area (Å²) >= 11 is 0. The van der Waals surface area contributed by atoms with Crippen LogP contribution in [0.2, 0.25) is 0 Å². The van der Waals surface area contributed by atoms with Gasteiger partial charge in [0, 0.05) is 6.54 Å². The number of ether oxygens (including phenoxy) is 15. The SMILES string of the molecule is O=CNCCOCCOCCOCCOCCOCCOCCOCCOCCOCCOCCOCCOCCOCCOCCOCCC(=O)O. The number of nitrogens with one attached hydrogen (secondary N) is 1. The first-order valence-corrected chi connectivity index (χ1v) is 18.3. The van der Waals surface area contributed by atoms with Crippen LogP contribution in [0.4, 0.5) is 0 Å². The molecule has 0 aliphatic rings. The second-order valence-electron chi connectivity index (χ2n) is 10.4. The molecular weight excluding hydrogens is 710 g/mol. The summed E-state index contributed by atoms with van der Waals surface area (Å²) < 4.78 is 81.1. The molecular formula is C34H67NO18. The van der Waals surface area contributed by atoms with Crippen molar-refractivity contribution >= 4 is 12.4 Å². The number of carbonyl (C=O) groups excluding carboxylic acids is 1. The summed E-state index contributed by atoms with van der Waals surface area (Å²) in [4.78, 5) is 20.4. The van der Waals surface area contributed by atoms with Crippen LogP contribution in [0.3, 0.4) is 0 Å². The van der Waals surface area contributed by atoms with Crippen molar-refractivity contribution in [2.45, 2.75) is 6.42 Å². The van der Waals surface area contributed by atoms with Gasteiger partial charge in [0.1, 0.15) is 0 Å². The van der Waals surface area contributed by atoms with Gasteiger partial charge in [0.2, 0.25) is 6.41 Å². The van der Waals surface area contributed by atoms with E-state index in [1.807, 2.05) is 0 Å². The van der Waals surface area contributed by atoms with E-state index in [0.29, 0.717) is 205 Å². The van der Waals surface area contributed by atoms with Gasteiger partial charge in [0.25, 0.3) is 0 Å². The molecule has 0 fully saturated rings. The van der Waals surface area contributed by atoms with Crippen LogP contribution in [0.5, 0.6) is 0 Å². The molecule has 19 heteroatoms. The maximum atomic E-state index is 10.3. The molecule has 316 valence electrons. The van der Waals surface area contributed by atoms with Crippen molar-refractivity contribution in [1.29, 1.82) is 0 Å². The van der Waals surface area contributed by atoms with Gasteiger partial charge < -0.3 is 81.5 Å². The van der Waals surface area contributed by atoms with Gasteiger partial charge in [-0.25, -0.2) is 0 Å². The first-order valence-electron chi connectivity index (χ1n) is 18.3. The number of carboxylic acids is 1. The Morgan fingerprint density at radius 2 is 0.491 bits per heavy atom. The predicted octanol–water partition coefficient (Wildman–Crippen LogP) is -0.544. The van der Waals surface area contributed by atoms with Crippen LogP contribution >= 0.6 is 0 Å². The van der Waals surface area contributed by atoms with Crippen LogP contribution in [0, 0.1) is 0 Å². The van der Waals surface area contributed by atoms with Gasteiger partial charge in [-0.3, -0.25) is 9.59 Å². The van der Waals surface area contributed by atoms with Crippen LogP contribution in [0.15, 0.2) is 0 Å². The molecule has 0 aliphatic carbocycles. The first kappa shape index (κ1) is 51.3. The van der Waals surface area contributed by atoms with Crippen LogP contribution in [0.1, 0.15) is 6.42 Å². The molecule has 0 atom stereocenters. The molecule has 0 spiro atoms. The molecule has 0 heterocycles. The zero-order chi connectivity index (χ0) is 38.2. The summed E-state index contributed by atoms with van der Waals surface area (Å²) in [5, 5.41) is 11.0. The van der Waals surface area contributed by atoms with E-state index in [2.05, 4.69) is 5.32 Å². The monoisotopic (exact) mass is 777 g/mol. The van der Waals surface area contributed by atoms with Crippen molar-refractivity contribution in [2.75, 3.05) is 205 Å². The maximum Gasteiger partial charge on any atom is 0.305 e. The third-order valence-corrected chi connectivity index (χ3v) is 6.14. The minimum absolute atomic E-state index is 0.00683. The minimum atomic E-state index is -0.878. The molecule has 0 aliphatic heterocycles. The second kappa shape index (κ2) is 48.4. The van der Waals surface area contributed by atoms with E-state index < -0.39 is 5.97 Å². The first-order chi connectivity index (χ1) is 26.3. The number of carboxylic acid groups (broad SMARTS) is 1. The van der Waals surface area contributed by atoms with Crippen LogP contribution < -0.4 is 5.32 Å². The lowest BCUT2D eigenvalue weighted by Gasteiger charge is -2.09. The number of rotatable bonds is 49. The van der Waals surface area contributed by atoms with Gasteiger partial charge in [-0.05, 0) is 0 Å². The number of hydrogen-bond donors (Lipinski definition) is 2. The fourth-order valence-electron chi connectivity index (χ4n) is 3.53. The number of aliphatic carboxylic acids is 1. The lowest BCUT2D eigenvalue weighted by Crippen LogP contribution is -2.19. The van der Waals surface area contributed by atoms with E-state index in [9.17, 15) is 9.59 Å². The average molecular weight is 778 g/mol. The van der Waals surface area contributed by atoms with Crippen molar-refractivity contribution in [1.82, 2.24) is 5.32 Å². The van der Waals surface area contributed by atoms with Crippen LogP contribution in [-0.4, -0.2) is 222 Å². The van der Waals surface area contributed by atoms with Gasteiger partial charge in [-0.1, -0.05) is 0 Å². The lowest BCUT2D eigenvalue weighted by atomic mass is 10.5. The highest BCUT2D eigenvalue weighted by molar-refractivity contribution is 5.66. The molecule has 0 saturated carbocycles. The molecule has 1 amide bonds. The van der Waals surface area contributed by atoms with Crippen LogP contribution in [-0.2, 0) is 80.6 Å². The molecule has 19 nitrogen and oxygen atoms in total. The summed E-state index contributed by atoms with van der Waals surface area (Å²) in [7, 11) is 0. The Labute approximate surface area is 314 Å². The lowest BCUT2D eigenvalue weighted by molar-refractivity contribution is -0.138. The Kier molecular flexibility index (Phi) is 46.8. The topological polar surface area (TPSA) is 205 Å². The highest BCUT2D eigenvalue weighted by Gasteiger charge is 1.99. The smallest absolute Gasteiger partial charge is 0.305 e. The van der Waals surface area contributed by atoms with Gasteiger partial charge in [0.15, 0.2) is 0 Å². The molecule has 0 rings (SSSR count). The third-order valence-electron chi connectivity index (χ3n) is 6.14. The zero-order valence-corrected chi connectivity index (χ0v) is 31.6. The molecule has 53 heavy (non-hydrogen) atoms. The van der Waals surface area contributed by atoms with Crippen molar-refractivity contribution in [2.24, 2.45) is 0 Å². The van der Waals surface area contributed by atoms with Crippen molar-refractivity contribution in [3.8, 4) is 0 Å². The molecule has 0 aromatic rings. The number of amides is 1.